The van der Waals surface area contributed by atoms with Crippen LogP contribution < -0.4 is 15.4 Å². The summed E-state index contributed by atoms with van der Waals surface area (Å²) in [5.41, 5.74) is 0.758. The zero-order valence-electron chi connectivity index (χ0n) is 13.1. The summed E-state index contributed by atoms with van der Waals surface area (Å²) in [5, 5.41) is 6.38. The van der Waals surface area contributed by atoms with Crippen LogP contribution in [0, 0.1) is 11.7 Å². The van der Waals surface area contributed by atoms with Crippen LogP contribution in [-0.4, -0.2) is 25.6 Å². The fraction of sp³-hybridized carbons (Fsp3) is 0.588. The topological polar surface area (TPSA) is 50.4 Å². The predicted molar refractivity (Wildman–Crippen MR) is 89.5 cm³/mol. The minimum Gasteiger partial charge on any atom is -0.493 e. The Morgan fingerprint density at radius 1 is 1.39 bits per heavy atom. The van der Waals surface area contributed by atoms with E-state index in [1.807, 2.05) is 0 Å². The molecule has 2 aliphatic heterocycles. The third kappa shape index (κ3) is 4.82. The van der Waals surface area contributed by atoms with Crippen LogP contribution in [0.5, 0.6) is 5.75 Å². The zero-order chi connectivity index (χ0) is 15.4. The second-order valence-electron chi connectivity index (χ2n) is 6.19. The quantitative estimate of drug-likeness (QED) is 0.884. The third-order valence-corrected chi connectivity index (χ3v) is 4.52. The molecule has 0 spiro atoms. The van der Waals surface area contributed by atoms with Gasteiger partial charge in [0.1, 0.15) is 11.6 Å². The van der Waals surface area contributed by atoms with Crippen LogP contribution in [0.3, 0.4) is 0 Å². The lowest BCUT2D eigenvalue weighted by atomic mass is 10.00. The molecule has 2 heterocycles. The fourth-order valence-electron chi connectivity index (χ4n) is 3.26. The van der Waals surface area contributed by atoms with Gasteiger partial charge >= 0.3 is 0 Å². The van der Waals surface area contributed by atoms with Gasteiger partial charge in [0.15, 0.2) is 0 Å². The Balaban J connectivity index is 0.00000192. The highest BCUT2D eigenvalue weighted by Crippen LogP contribution is 2.32. The van der Waals surface area contributed by atoms with Gasteiger partial charge < -0.3 is 15.4 Å². The summed E-state index contributed by atoms with van der Waals surface area (Å²) >= 11 is 0. The standard InChI is InChI=1S/C17H23FN2O2.ClH/c18-13-4-5-16-14(10-13)15(2-1-9-22-16)20-17(21)6-3-12-7-8-19-11-12;/h4-5,10,12,15,19H,1-3,6-9,11H2,(H,20,21);1H. The normalized spacial score (nSPS) is 23.2. The Morgan fingerprint density at radius 3 is 3.04 bits per heavy atom. The fourth-order valence-corrected chi connectivity index (χ4v) is 3.26. The largest absolute Gasteiger partial charge is 0.493 e. The first-order valence-corrected chi connectivity index (χ1v) is 8.14. The van der Waals surface area contributed by atoms with Crippen LogP contribution in [0.15, 0.2) is 18.2 Å². The van der Waals surface area contributed by atoms with Crippen LogP contribution in [0.2, 0.25) is 0 Å². The maximum absolute atomic E-state index is 13.5. The highest BCUT2D eigenvalue weighted by atomic mass is 35.5. The summed E-state index contributed by atoms with van der Waals surface area (Å²) < 4.78 is 19.1. The molecule has 1 fully saturated rings. The number of amides is 1. The molecule has 4 nitrogen and oxygen atoms in total. The van der Waals surface area contributed by atoms with Crippen LogP contribution in [0.4, 0.5) is 4.39 Å². The SMILES string of the molecule is Cl.O=C(CCC1CCNC1)NC1CCCOc2ccc(F)cc21. The summed E-state index contributed by atoms with van der Waals surface area (Å²) in [6.45, 7) is 2.68. The number of ether oxygens (including phenoxy) is 1. The maximum Gasteiger partial charge on any atom is 0.220 e. The van der Waals surface area contributed by atoms with Crippen LogP contribution in [0.25, 0.3) is 0 Å². The van der Waals surface area contributed by atoms with E-state index in [0.717, 1.165) is 44.3 Å². The molecule has 2 aliphatic rings. The van der Waals surface area contributed by atoms with Crippen molar-refractivity contribution in [1.82, 2.24) is 10.6 Å². The summed E-state index contributed by atoms with van der Waals surface area (Å²) in [5.74, 6) is 1.05. The molecule has 0 bridgehead atoms. The van der Waals surface area contributed by atoms with Gasteiger partial charge in [0.05, 0.1) is 12.6 Å². The van der Waals surface area contributed by atoms with Gasteiger partial charge in [0.25, 0.3) is 0 Å². The van der Waals surface area contributed by atoms with Crippen molar-refractivity contribution < 1.29 is 13.9 Å². The van der Waals surface area contributed by atoms with E-state index in [0.29, 0.717) is 24.7 Å². The lowest BCUT2D eigenvalue weighted by Gasteiger charge is -2.19. The van der Waals surface area contributed by atoms with Crippen molar-refractivity contribution in [2.24, 2.45) is 5.92 Å². The van der Waals surface area contributed by atoms with E-state index < -0.39 is 0 Å². The molecule has 0 saturated carbocycles. The van der Waals surface area contributed by atoms with E-state index in [9.17, 15) is 9.18 Å². The smallest absolute Gasteiger partial charge is 0.220 e. The molecule has 1 aromatic carbocycles. The molecule has 1 amide bonds. The lowest BCUT2D eigenvalue weighted by molar-refractivity contribution is -0.122. The molecule has 0 aromatic heterocycles. The summed E-state index contributed by atoms with van der Waals surface area (Å²) in [6, 6.07) is 4.38. The number of benzene rings is 1. The Morgan fingerprint density at radius 2 is 2.26 bits per heavy atom. The van der Waals surface area contributed by atoms with Gasteiger partial charge in [0.2, 0.25) is 5.91 Å². The molecule has 2 atom stereocenters. The highest BCUT2D eigenvalue weighted by Gasteiger charge is 2.23. The van der Waals surface area contributed by atoms with Crippen molar-refractivity contribution >= 4 is 18.3 Å². The molecule has 2 N–H and O–H groups in total. The van der Waals surface area contributed by atoms with Crippen LogP contribution in [0.1, 0.15) is 43.7 Å². The zero-order valence-corrected chi connectivity index (χ0v) is 14.0. The minimum absolute atomic E-state index is 0. The molecule has 23 heavy (non-hydrogen) atoms. The van der Waals surface area contributed by atoms with Crippen molar-refractivity contribution in [1.29, 1.82) is 0 Å². The average molecular weight is 343 g/mol. The second-order valence-corrected chi connectivity index (χ2v) is 6.19. The monoisotopic (exact) mass is 342 g/mol. The van der Waals surface area contributed by atoms with Crippen molar-refractivity contribution in [2.45, 2.75) is 38.1 Å². The Labute approximate surface area is 142 Å². The van der Waals surface area contributed by atoms with Gasteiger partial charge in [-0.3, -0.25) is 4.79 Å². The Hall–Kier alpha value is -1.33. The number of fused-ring (bicyclic) bond motifs is 1. The van der Waals surface area contributed by atoms with Gasteiger partial charge in [-0.15, -0.1) is 12.4 Å². The molecule has 6 heteroatoms. The number of rotatable bonds is 4. The van der Waals surface area contributed by atoms with Crippen molar-refractivity contribution in [2.75, 3.05) is 19.7 Å². The molecule has 0 radical (unpaired) electrons. The lowest BCUT2D eigenvalue weighted by Crippen LogP contribution is -2.28. The van der Waals surface area contributed by atoms with Crippen molar-refractivity contribution in [3.05, 3.63) is 29.6 Å². The molecular weight excluding hydrogens is 319 g/mol. The number of hydrogen-bond donors (Lipinski definition) is 2. The Kier molecular flexibility index (Phi) is 6.66. The highest BCUT2D eigenvalue weighted by molar-refractivity contribution is 5.85. The van der Waals surface area contributed by atoms with Crippen molar-refractivity contribution in [3.63, 3.8) is 0 Å². The first kappa shape index (κ1) is 18.0. The van der Waals surface area contributed by atoms with E-state index in [-0.39, 0.29) is 30.2 Å². The first-order chi connectivity index (χ1) is 10.7. The summed E-state index contributed by atoms with van der Waals surface area (Å²) in [4.78, 5) is 12.2. The molecule has 0 aliphatic carbocycles. The second kappa shape index (κ2) is 8.50. The molecular formula is C17H24ClFN2O2. The molecule has 1 saturated heterocycles. The van der Waals surface area contributed by atoms with Gasteiger partial charge in [0, 0.05) is 12.0 Å². The summed E-state index contributed by atoms with van der Waals surface area (Å²) in [6.07, 6.45) is 4.24. The number of carbonyl (C=O) groups is 1. The molecule has 2 unspecified atom stereocenters. The molecule has 3 rings (SSSR count). The van der Waals surface area contributed by atoms with E-state index in [1.54, 1.807) is 6.07 Å². The number of halogens is 2. The van der Waals surface area contributed by atoms with Gasteiger partial charge in [-0.25, -0.2) is 4.39 Å². The molecule has 128 valence electrons. The number of hydrogen-bond acceptors (Lipinski definition) is 3. The van der Waals surface area contributed by atoms with E-state index in [1.165, 1.54) is 12.1 Å². The predicted octanol–water partition coefficient (Wildman–Crippen LogP) is 2.97. The first-order valence-electron chi connectivity index (χ1n) is 8.14. The van der Waals surface area contributed by atoms with Gasteiger partial charge in [-0.1, -0.05) is 0 Å². The number of carbonyl (C=O) groups excluding carboxylic acids is 1. The third-order valence-electron chi connectivity index (χ3n) is 4.52. The van der Waals surface area contributed by atoms with E-state index in [4.69, 9.17) is 4.74 Å². The average Bonchev–Trinajstić information content (AvgIpc) is 2.95. The van der Waals surface area contributed by atoms with Crippen LogP contribution in [-0.2, 0) is 4.79 Å². The van der Waals surface area contributed by atoms with E-state index >= 15 is 0 Å². The van der Waals surface area contributed by atoms with Crippen LogP contribution >= 0.6 is 12.4 Å². The van der Waals surface area contributed by atoms with Crippen molar-refractivity contribution in [3.8, 4) is 5.75 Å². The maximum atomic E-state index is 13.5. The van der Waals surface area contributed by atoms with E-state index in [2.05, 4.69) is 10.6 Å². The summed E-state index contributed by atoms with van der Waals surface area (Å²) in [7, 11) is 0. The van der Waals surface area contributed by atoms with Gasteiger partial charge in [-0.05, 0) is 62.9 Å². The molecule has 1 aromatic rings. The number of nitrogens with one attached hydrogen (secondary N) is 2. The van der Waals surface area contributed by atoms with Gasteiger partial charge in [-0.2, -0.15) is 0 Å². The Bertz CT molecular complexity index is 535. The minimum atomic E-state index is -0.291.